The molecule has 0 spiro atoms. The molecule has 2 fully saturated rings. The van der Waals surface area contributed by atoms with Gasteiger partial charge >= 0.3 is 0 Å². The van der Waals surface area contributed by atoms with Crippen molar-refractivity contribution in [3.8, 4) is 0 Å². The quantitative estimate of drug-likeness (QED) is 0.630. The Kier molecular flexibility index (Phi) is 4.73. The number of rotatable bonds is 3. The Morgan fingerprint density at radius 2 is 1.86 bits per heavy atom. The number of amides is 1. The molecule has 1 amide bonds. The maximum Gasteiger partial charge on any atom is 0.267 e. The van der Waals surface area contributed by atoms with Gasteiger partial charge in [-0.25, -0.2) is 0 Å². The van der Waals surface area contributed by atoms with Crippen molar-refractivity contribution in [3.05, 3.63) is 40.8 Å². The van der Waals surface area contributed by atoms with Crippen LogP contribution in [0.25, 0.3) is 6.08 Å². The Bertz CT molecular complexity index is 565. The van der Waals surface area contributed by atoms with Crippen molar-refractivity contribution in [3.63, 3.8) is 0 Å². The van der Waals surface area contributed by atoms with E-state index < -0.39 is 0 Å². The van der Waals surface area contributed by atoms with Crippen molar-refractivity contribution in [2.24, 2.45) is 0 Å². The fraction of sp³-hybridized carbons (Fsp3) is 0.375. The molecule has 0 bridgehead atoms. The molecule has 0 radical (unpaired) electrons. The number of carbonyl (C=O) groups excluding carboxylic acids is 1. The van der Waals surface area contributed by atoms with Crippen LogP contribution in [0.4, 0.5) is 0 Å². The van der Waals surface area contributed by atoms with E-state index in [4.69, 9.17) is 12.2 Å². The Labute approximate surface area is 135 Å². The molecule has 2 aliphatic heterocycles. The molecule has 2 saturated heterocycles. The molecule has 0 saturated carbocycles. The summed E-state index contributed by atoms with van der Waals surface area (Å²) in [6.45, 7) is 2.76. The molecule has 0 atom stereocenters. The van der Waals surface area contributed by atoms with E-state index in [9.17, 15) is 4.79 Å². The predicted molar refractivity (Wildman–Crippen MR) is 91.7 cm³/mol. The number of likely N-dealkylation sites (tertiary alicyclic amines) is 1. The summed E-state index contributed by atoms with van der Waals surface area (Å²) in [6, 6.07) is 9.91. The van der Waals surface area contributed by atoms with Crippen molar-refractivity contribution in [2.45, 2.75) is 19.3 Å². The Hall–Kier alpha value is -1.17. The number of hydrogen-bond donors (Lipinski definition) is 0. The van der Waals surface area contributed by atoms with Crippen LogP contribution in [-0.4, -0.2) is 39.8 Å². The first kappa shape index (κ1) is 14.8. The van der Waals surface area contributed by atoms with E-state index in [1.165, 1.54) is 31.0 Å². The predicted octanol–water partition coefficient (Wildman–Crippen LogP) is 3.33. The smallest absolute Gasteiger partial charge is 0.267 e. The minimum atomic E-state index is 0.0411. The van der Waals surface area contributed by atoms with Crippen LogP contribution in [0.3, 0.4) is 0 Å². The number of nitrogens with zero attached hydrogens (tertiary/aromatic N) is 2. The highest BCUT2D eigenvalue weighted by molar-refractivity contribution is 8.26. The summed E-state index contributed by atoms with van der Waals surface area (Å²) in [6.07, 6.45) is 5.65. The summed E-state index contributed by atoms with van der Waals surface area (Å²) in [5, 5.41) is 0. The molecule has 3 nitrogen and oxygen atoms in total. The van der Waals surface area contributed by atoms with E-state index in [0.717, 1.165) is 23.6 Å². The second-order valence-electron chi connectivity index (χ2n) is 5.34. The fourth-order valence-corrected chi connectivity index (χ4v) is 3.86. The molecule has 1 aromatic carbocycles. The molecule has 0 unspecified atom stereocenters. The van der Waals surface area contributed by atoms with Gasteiger partial charge in [0.2, 0.25) is 0 Å². The van der Waals surface area contributed by atoms with Gasteiger partial charge in [-0.3, -0.25) is 14.6 Å². The van der Waals surface area contributed by atoms with Crippen LogP contribution in [0.15, 0.2) is 35.2 Å². The molecule has 1 aromatic rings. The van der Waals surface area contributed by atoms with Gasteiger partial charge in [0.1, 0.15) is 4.32 Å². The number of piperidine rings is 1. The Morgan fingerprint density at radius 1 is 1.14 bits per heavy atom. The summed E-state index contributed by atoms with van der Waals surface area (Å²) in [5.74, 6) is 0.0411. The molecule has 3 rings (SSSR count). The van der Waals surface area contributed by atoms with Gasteiger partial charge in [0.25, 0.3) is 5.91 Å². The van der Waals surface area contributed by atoms with Crippen LogP contribution in [0, 0.1) is 0 Å². The maximum atomic E-state index is 12.5. The molecule has 5 heteroatoms. The first-order valence-electron chi connectivity index (χ1n) is 7.27. The van der Waals surface area contributed by atoms with Crippen LogP contribution in [0.5, 0.6) is 0 Å². The van der Waals surface area contributed by atoms with Gasteiger partial charge in [-0.05, 0) is 37.6 Å². The zero-order valence-electron chi connectivity index (χ0n) is 11.8. The van der Waals surface area contributed by atoms with E-state index in [2.05, 4.69) is 4.90 Å². The third kappa shape index (κ3) is 3.54. The molecule has 21 heavy (non-hydrogen) atoms. The Morgan fingerprint density at radius 3 is 2.57 bits per heavy atom. The SMILES string of the molecule is O=C1/C(=C\c2ccccc2)SC(=S)N1CN1CCCCC1. The standard InChI is InChI=1S/C16H18N2OS2/c19-15-14(11-13-7-3-1-4-8-13)21-16(20)18(15)12-17-9-5-2-6-10-17/h1,3-4,7-8,11H,2,5-6,9-10,12H2/b14-11+. The number of thioether (sulfide) groups is 1. The molecule has 0 aliphatic carbocycles. The molecular weight excluding hydrogens is 300 g/mol. The lowest BCUT2D eigenvalue weighted by Gasteiger charge is -2.29. The Balaban J connectivity index is 1.71. The van der Waals surface area contributed by atoms with E-state index in [-0.39, 0.29) is 5.91 Å². The van der Waals surface area contributed by atoms with Gasteiger partial charge in [0.15, 0.2) is 0 Å². The van der Waals surface area contributed by atoms with Crippen molar-refractivity contribution in [2.75, 3.05) is 19.8 Å². The fourth-order valence-electron chi connectivity index (χ4n) is 2.62. The van der Waals surface area contributed by atoms with E-state index >= 15 is 0 Å². The van der Waals surface area contributed by atoms with Crippen LogP contribution in [0.2, 0.25) is 0 Å². The normalized spacial score (nSPS) is 22.3. The van der Waals surface area contributed by atoms with Gasteiger partial charge in [0, 0.05) is 0 Å². The molecule has 2 aliphatic rings. The topological polar surface area (TPSA) is 23.6 Å². The number of thiocarbonyl (C=S) groups is 1. The zero-order valence-corrected chi connectivity index (χ0v) is 13.5. The minimum Gasteiger partial charge on any atom is -0.286 e. The maximum absolute atomic E-state index is 12.5. The van der Waals surface area contributed by atoms with Gasteiger partial charge in [-0.2, -0.15) is 0 Å². The van der Waals surface area contributed by atoms with E-state index in [1.807, 2.05) is 36.4 Å². The van der Waals surface area contributed by atoms with E-state index in [0.29, 0.717) is 11.0 Å². The third-order valence-corrected chi connectivity index (χ3v) is 5.14. The van der Waals surface area contributed by atoms with Gasteiger partial charge < -0.3 is 0 Å². The van der Waals surface area contributed by atoms with Crippen molar-refractivity contribution in [1.29, 1.82) is 0 Å². The highest BCUT2D eigenvalue weighted by atomic mass is 32.2. The van der Waals surface area contributed by atoms with Gasteiger partial charge in [-0.1, -0.05) is 60.7 Å². The largest absolute Gasteiger partial charge is 0.286 e. The van der Waals surface area contributed by atoms with Gasteiger partial charge in [-0.15, -0.1) is 0 Å². The first-order chi connectivity index (χ1) is 10.2. The highest BCUT2D eigenvalue weighted by Crippen LogP contribution is 2.32. The summed E-state index contributed by atoms with van der Waals surface area (Å²) < 4.78 is 0.674. The molecule has 2 heterocycles. The minimum absolute atomic E-state index is 0.0411. The van der Waals surface area contributed by atoms with Crippen LogP contribution < -0.4 is 0 Å². The zero-order chi connectivity index (χ0) is 14.7. The second-order valence-corrected chi connectivity index (χ2v) is 7.02. The number of carbonyl (C=O) groups is 1. The summed E-state index contributed by atoms with van der Waals surface area (Å²) >= 11 is 6.79. The van der Waals surface area contributed by atoms with Gasteiger partial charge in [0.05, 0.1) is 11.6 Å². The lowest BCUT2D eigenvalue weighted by atomic mass is 10.1. The number of benzene rings is 1. The van der Waals surface area contributed by atoms with E-state index in [1.54, 1.807) is 4.90 Å². The lowest BCUT2D eigenvalue weighted by molar-refractivity contribution is -0.123. The molecule has 0 N–H and O–H groups in total. The summed E-state index contributed by atoms with van der Waals surface area (Å²) in [7, 11) is 0. The van der Waals surface area contributed by atoms with Crippen molar-refractivity contribution < 1.29 is 4.79 Å². The lowest BCUT2D eigenvalue weighted by Crippen LogP contribution is -2.42. The molecule has 110 valence electrons. The third-order valence-electron chi connectivity index (χ3n) is 3.76. The average Bonchev–Trinajstić information content (AvgIpc) is 2.77. The van der Waals surface area contributed by atoms with Crippen LogP contribution >= 0.6 is 24.0 Å². The average molecular weight is 318 g/mol. The molecular formula is C16H18N2OS2. The highest BCUT2D eigenvalue weighted by Gasteiger charge is 2.33. The number of hydrogen-bond acceptors (Lipinski definition) is 4. The second kappa shape index (κ2) is 6.73. The van der Waals surface area contributed by atoms with Crippen molar-refractivity contribution in [1.82, 2.24) is 9.80 Å². The van der Waals surface area contributed by atoms with Crippen LogP contribution in [-0.2, 0) is 4.79 Å². The first-order valence-corrected chi connectivity index (χ1v) is 8.49. The summed E-state index contributed by atoms with van der Waals surface area (Å²) in [4.78, 5) is 17.3. The molecule has 0 aromatic heterocycles. The van der Waals surface area contributed by atoms with Crippen molar-refractivity contribution >= 4 is 40.3 Å². The summed E-state index contributed by atoms with van der Waals surface area (Å²) in [5.41, 5.74) is 1.04. The van der Waals surface area contributed by atoms with Crippen LogP contribution in [0.1, 0.15) is 24.8 Å². The monoisotopic (exact) mass is 318 g/mol.